The van der Waals surface area contributed by atoms with Crippen LogP contribution in [0.15, 0.2) is 18.2 Å². The summed E-state index contributed by atoms with van der Waals surface area (Å²) in [5.41, 5.74) is 4.10. The third-order valence-electron chi connectivity index (χ3n) is 1.87. The van der Waals surface area contributed by atoms with Crippen LogP contribution in [0.5, 0.6) is 0 Å². The van der Waals surface area contributed by atoms with E-state index in [4.69, 9.17) is 10.8 Å². The van der Waals surface area contributed by atoms with Crippen LogP contribution in [-0.4, -0.2) is 11.7 Å². The highest BCUT2D eigenvalue weighted by Crippen LogP contribution is 2.31. The van der Waals surface area contributed by atoms with E-state index in [1.165, 1.54) is 0 Å². The first-order valence-corrected chi connectivity index (χ1v) is 4.08. The lowest BCUT2D eigenvalue weighted by Gasteiger charge is -2.12. The molecule has 0 aromatic heterocycles. The Morgan fingerprint density at radius 2 is 1.87 bits per heavy atom. The normalized spacial score (nSPS) is 14.0. The number of aliphatic hydroxyl groups excluding tert-OH is 1. The molecule has 0 fully saturated rings. The maximum Gasteiger partial charge on any atom is 0.416 e. The van der Waals surface area contributed by atoms with Gasteiger partial charge in [-0.3, -0.25) is 0 Å². The van der Waals surface area contributed by atoms with Crippen molar-refractivity contribution in [3.63, 3.8) is 0 Å². The Morgan fingerprint density at radius 1 is 1.27 bits per heavy atom. The molecule has 3 N–H and O–H groups in total. The number of aliphatic hydroxyl groups is 1. The Bertz CT molecular complexity index is 350. The first-order valence-electron chi connectivity index (χ1n) is 4.08. The Labute approximate surface area is 83.3 Å². The van der Waals surface area contributed by atoms with Gasteiger partial charge in [-0.15, -0.1) is 0 Å². The van der Waals surface area contributed by atoms with Crippen molar-refractivity contribution in [3.05, 3.63) is 35.1 Å². The number of halogens is 4. The summed E-state index contributed by atoms with van der Waals surface area (Å²) in [7, 11) is 0. The van der Waals surface area contributed by atoms with E-state index in [0.29, 0.717) is 6.07 Å². The zero-order valence-electron chi connectivity index (χ0n) is 7.55. The molecule has 0 aliphatic heterocycles. The number of hydrogen-bond donors (Lipinski definition) is 2. The van der Waals surface area contributed by atoms with Crippen molar-refractivity contribution >= 4 is 0 Å². The largest absolute Gasteiger partial charge is 0.416 e. The summed E-state index contributed by atoms with van der Waals surface area (Å²) in [6, 6.07) is 0.968. The van der Waals surface area contributed by atoms with E-state index in [0.717, 1.165) is 12.1 Å². The highest BCUT2D eigenvalue weighted by atomic mass is 19.4. The van der Waals surface area contributed by atoms with Gasteiger partial charge in [0, 0.05) is 0 Å². The molecule has 0 aliphatic rings. The Balaban J connectivity index is 3.17. The minimum absolute atomic E-state index is 0.0789. The molecule has 1 atom stereocenters. The van der Waals surface area contributed by atoms with Crippen LogP contribution < -0.4 is 5.73 Å². The minimum atomic E-state index is -4.62. The highest BCUT2D eigenvalue weighted by molar-refractivity contribution is 5.28. The average molecular weight is 223 g/mol. The van der Waals surface area contributed by atoms with Crippen molar-refractivity contribution < 1.29 is 22.7 Å². The highest BCUT2D eigenvalue weighted by Gasteiger charge is 2.31. The van der Waals surface area contributed by atoms with E-state index in [-0.39, 0.29) is 5.56 Å². The molecular formula is C9H9F4NO. The molecule has 0 radical (unpaired) electrons. The van der Waals surface area contributed by atoms with Crippen molar-refractivity contribution in [3.8, 4) is 0 Å². The maximum absolute atomic E-state index is 12.8. The molecule has 0 heterocycles. The van der Waals surface area contributed by atoms with Crippen molar-refractivity contribution in [2.45, 2.75) is 12.2 Å². The van der Waals surface area contributed by atoms with Gasteiger partial charge in [-0.1, -0.05) is 0 Å². The molecule has 0 saturated carbocycles. The minimum Gasteiger partial charge on any atom is -0.394 e. The first kappa shape index (κ1) is 11.9. The number of benzene rings is 1. The summed E-state index contributed by atoms with van der Waals surface area (Å²) in [4.78, 5) is 0. The molecule has 0 aliphatic carbocycles. The van der Waals surface area contributed by atoms with Gasteiger partial charge in [0.15, 0.2) is 0 Å². The SMILES string of the molecule is N[C@@H](CO)c1cc(F)cc(C(F)(F)F)c1. The van der Waals surface area contributed by atoms with Crippen molar-refractivity contribution in [1.29, 1.82) is 0 Å². The van der Waals surface area contributed by atoms with Crippen molar-refractivity contribution in [1.82, 2.24) is 0 Å². The lowest BCUT2D eigenvalue weighted by Crippen LogP contribution is -2.16. The van der Waals surface area contributed by atoms with E-state index >= 15 is 0 Å². The van der Waals surface area contributed by atoms with Gasteiger partial charge >= 0.3 is 6.18 Å². The van der Waals surface area contributed by atoms with Crippen LogP contribution in [0.3, 0.4) is 0 Å². The van der Waals surface area contributed by atoms with Crippen LogP contribution in [-0.2, 0) is 6.18 Å². The van der Waals surface area contributed by atoms with E-state index in [2.05, 4.69) is 0 Å². The van der Waals surface area contributed by atoms with E-state index < -0.39 is 30.2 Å². The van der Waals surface area contributed by atoms with Crippen molar-refractivity contribution in [2.75, 3.05) is 6.61 Å². The van der Waals surface area contributed by atoms with Crippen LogP contribution in [0.1, 0.15) is 17.2 Å². The molecular weight excluding hydrogens is 214 g/mol. The Kier molecular flexibility index (Phi) is 3.31. The second-order valence-corrected chi connectivity index (χ2v) is 3.06. The van der Waals surface area contributed by atoms with Crippen LogP contribution >= 0.6 is 0 Å². The van der Waals surface area contributed by atoms with E-state index in [1.807, 2.05) is 0 Å². The van der Waals surface area contributed by atoms with Gasteiger partial charge < -0.3 is 10.8 Å². The fourth-order valence-corrected chi connectivity index (χ4v) is 1.10. The molecule has 1 aromatic rings. The van der Waals surface area contributed by atoms with Crippen LogP contribution in [0.2, 0.25) is 0 Å². The molecule has 0 unspecified atom stereocenters. The second-order valence-electron chi connectivity index (χ2n) is 3.06. The summed E-state index contributed by atoms with van der Waals surface area (Å²) < 4.78 is 49.6. The molecule has 0 amide bonds. The second kappa shape index (κ2) is 4.16. The molecule has 6 heteroatoms. The Morgan fingerprint density at radius 3 is 2.33 bits per heavy atom. The summed E-state index contributed by atoms with van der Waals surface area (Å²) in [5, 5.41) is 8.64. The van der Waals surface area contributed by atoms with Crippen LogP contribution in [0.25, 0.3) is 0 Å². The molecule has 0 bridgehead atoms. The van der Waals surface area contributed by atoms with Gasteiger partial charge in [0.2, 0.25) is 0 Å². The predicted octanol–water partition coefficient (Wildman–Crippen LogP) is 1.84. The van der Waals surface area contributed by atoms with Gasteiger partial charge in [0.25, 0.3) is 0 Å². The zero-order chi connectivity index (χ0) is 11.6. The predicted molar refractivity (Wildman–Crippen MR) is 45.4 cm³/mol. The fourth-order valence-electron chi connectivity index (χ4n) is 1.10. The molecule has 2 nitrogen and oxygen atoms in total. The van der Waals surface area contributed by atoms with E-state index in [1.54, 1.807) is 0 Å². The number of rotatable bonds is 2. The van der Waals surface area contributed by atoms with Gasteiger partial charge in [-0.2, -0.15) is 13.2 Å². The smallest absolute Gasteiger partial charge is 0.394 e. The van der Waals surface area contributed by atoms with Gasteiger partial charge in [0.05, 0.1) is 18.2 Å². The maximum atomic E-state index is 12.8. The summed E-state index contributed by atoms with van der Waals surface area (Å²) in [6.45, 7) is -0.541. The van der Waals surface area contributed by atoms with Crippen LogP contribution in [0, 0.1) is 5.82 Å². The zero-order valence-corrected chi connectivity index (χ0v) is 7.55. The fraction of sp³-hybridized carbons (Fsp3) is 0.333. The van der Waals surface area contributed by atoms with E-state index in [9.17, 15) is 17.6 Å². The Hall–Kier alpha value is -1.14. The topological polar surface area (TPSA) is 46.2 Å². The first-order chi connectivity index (χ1) is 6.84. The lowest BCUT2D eigenvalue weighted by molar-refractivity contribution is -0.137. The monoisotopic (exact) mass is 223 g/mol. The summed E-state index contributed by atoms with van der Waals surface area (Å²) >= 11 is 0. The average Bonchev–Trinajstić information content (AvgIpc) is 2.14. The van der Waals surface area contributed by atoms with Crippen LogP contribution in [0.4, 0.5) is 17.6 Å². The van der Waals surface area contributed by atoms with Crippen molar-refractivity contribution in [2.24, 2.45) is 5.73 Å². The summed E-state index contributed by atoms with van der Waals surface area (Å²) in [6.07, 6.45) is -4.62. The van der Waals surface area contributed by atoms with Gasteiger partial charge in [-0.25, -0.2) is 4.39 Å². The number of nitrogens with two attached hydrogens (primary N) is 1. The van der Waals surface area contributed by atoms with Gasteiger partial charge in [-0.05, 0) is 23.8 Å². The number of hydrogen-bond acceptors (Lipinski definition) is 2. The molecule has 15 heavy (non-hydrogen) atoms. The third-order valence-corrected chi connectivity index (χ3v) is 1.87. The molecule has 84 valence electrons. The lowest BCUT2D eigenvalue weighted by atomic mass is 10.0. The summed E-state index contributed by atoms with van der Waals surface area (Å²) in [5.74, 6) is -1.02. The number of alkyl halides is 3. The standard InChI is InChI=1S/C9H9F4NO/c10-7-2-5(8(14)4-15)1-6(3-7)9(11,12)13/h1-3,8,15H,4,14H2/t8-/m0/s1. The molecule has 1 rings (SSSR count). The third kappa shape index (κ3) is 2.90. The molecule has 0 saturated heterocycles. The molecule has 1 aromatic carbocycles. The quantitative estimate of drug-likeness (QED) is 0.751. The van der Waals surface area contributed by atoms with Gasteiger partial charge in [0.1, 0.15) is 5.82 Å². The molecule has 0 spiro atoms.